The molecule has 8 nitrogen and oxygen atoms in total. The van der Waals surface area contributed by atoms with Gasteiger partial charge in [-0.3, -0.25) is 4.79 Å². The zero-order chi connectivity index (χ0) is 18.4. The zero-order valence-corrected chi connectivity index (χ0v) is 15.5. The highest BCUT2D eigenvalue weighted by Gasteiger charge is 2.32. The number of urea groups is 1. The van der Waals surface area contributed by atoms with Crippen molar-refractivity contribution in [1.29, 1.82) is 0 Å². The molecule has 2 fully saturated rings. The number of nitrogens with zero attached hydrogens (tertiary/aromatic N) is 4. The van der Waals surface area contributed by atoms with Crippen LogP contribution in [0, 0.1) is 0 Å². The highest BCUT2D eigenvalue weighted by molar-refractivity contribution is 5.79. The molecule has 3 heterocycles. The Morgan fingerprint density at radius 2 is 2.12 bits per heavy atom. The molecule has 2 aliphatic rings. The van der Waals surface area contributed by atoms with Gasteiger partial charge in [0.2, 0.25) is 5.91 Å². The molecule has 0 spiro atoms. The number of carbonyl (C=O) groups excluding carboxylic acids is 2. The molecule has 1 aromatic heterocycles. The lowest BCUT2D eigenvalue weighted by atomic mass is 10.1. The van der Waals surface area contributed by atoms with Crippen LogP contribution in [0.3, 0.4) is 0 Å². The lowest BCUT2D eigenvalue weighted by molar-refractivity contribution is -0.123. The van der Waals surface area contributed by atoms with E-state index in [1.165, 1.54) is 0 Å². The summed E-state index contributed by atoms with van der Waals surface area (Å²) in [4.78, 5) is 33.0. The van der Waals surface area contributed by atoms with Gasteiger partial charge in [0.05, 0.1) is 19.3 Å². The summed E-state index contributed by atoms with van der Waals surface area (Å²) in [7, 11) is 0. The average molecular weight is 363 g/mol. The average Bonchev–Trinajstić information content (AvgIpc) is 3.33. The van der Waals surface area contributed by atoms with Gasteiger partial charge in [0, 0.05) is 58.0 Å². The number of nitrogens with one attached hydrogen (secondary N) is 1. The van der Waals surface area contributed by atoms with Crippen LogP contribution in [0.4, 0.5) is 4.79 Å². The summed E-state index contributed by atoms with van der Waals surface area (Å²) < 4.78 is 7.56. The predicted octanol–water partition coefficient (Wildman–Crippen LogP) is 0.868. The van der Waals surface area contributed by atoms with Gasteiger partial charge in [0.25, 0.3) is 0 Å². The number of hydrogen-bond acceptors (Lipinski definition) is 4. The molecule has 1 atom stereocenters. The summed E-state index contributed by atoms with van der Waals surface area (Å²) in [5.41, 5.74) is 0. The van der Waals surface area contributed by atoms with Crippen LogP contribution in [0.5, 0.6) is 0 Å². The van der Waals surface area contributed by atoms with Crippen LogP contribution in [0.1, 0.15) is 32.0 Å². The molecule has 0 saturated carbocycles. The van der Waals surface area contributed by atoms with E-state index in [4.69, 9.17) is 4.74 Å². The molecule has 0 aliphatic carbocycles. The summed E-state index contributed by atoms with van der Waals surface area (Å²) in [6.45, 7) is 6.48. The number of rotatable bonds is 6. The smallest absolute Gasteiger partial charge is 0.320 e. The monoisotopic (exact) mass is 363 g/mol. The molecule has 2 aliphatic heterocycles. The Morgan fingerprint density at radius 3 is 2.88 bits per heavy atom. The van der Waals surface area contributed by atoms with E-state index in [-0.39, 0.29) is 24.4 Å². The summed E-state index contributed by atoms with van der Waals surface area (Å²) in [6, 6.07) is -0.133. The van der Waals surface area contributed by atoms with E-state index >= 15 is 0 Å². The number of amides is 3. The number of imidazole rings is 1. The first-order valence-corrected chi connectivity index (χ1v) is 9.59. The van der Waals surface area contributed by atoms with E-state index in [0.29, 0.717) is 32.8 Å². The van der Waals surface area contributed by atoms with Crippen molar-refractivity contribution in [2.75, 3.05) is 39.4 Å². The quantitative estimate of drug-likeness (QED) is 0.813. The Morgan fingerprint density at radius 1 is 1.31 bits per heavy atom. The van der Waals surface area contributed by atoms with Gasteiger partial charge in [-0.15, -0.1) is 0 Å². The van der Waals surface area contributed by atoms with Gasteiger partial charge in [-0.1, -0.05) is 6.92 Å². The first kappa shape index (κ1) is 18.7. The molecule has 1 N–H and O–H groups in total. The molecule has 3 rings (SSSR count). The lowest BCUT2D eigenvalue weighted by Crippen LogP contribution is -2.54. The van der Waals surface area contributed by atoms with E-state index in [1.54, 1.807) is 6.20 Å². The van der Waals surface area contributed by atoms with Crippen LogP contribution < -0.4 is 5.32 Å². The second-order valence-electron chi connectivity index (χ2n) is 6.84. The number of likely N-dealkylation sites (tertiary alicyclic amines) is 1. The van der Waals surface area contributed by atoms with Crippen LogP contribution in [-0.4, -0.2) is 76.7 Å². The van der Waals surface area contributed by atoms with E-state index in [9.17, 15) is 9.59 Å². The van der Waals surface area contributed by atoms with Crippen molar-refractivity contribution < 1.29 is 14.3 Å². The Bertz CT molecular complexity index is 612. The van der Waals surface area contributed by atoms with Crippen LogP contribution in [0.15, 0.2) is 12.4 Å². The van der Waals surface area contributed by atoms with Gasteiger partial charge >= 0.3 is 6.03 Å². The van der Waals surface area contributed by atoms with Gasteiger partial charge in [-0.2, -0.15) is 0 Å². The summed E-state index contributed by atoms with van der Waals surface area (Å²) in [6.07, 6.45) is 6.99. The van der Waals surface area contributed by atoms with Crippen LogP contribution in [0.25, 0.3) is 0 Å². The minimum atomic E-state index is -0.184. The van der Waals surface area contributed by atoms with Gasteiger partial charge in [0.1, 0.15) is 5.82 Å². The first-order valence-electron chi connectivity index (χ1n) is 9.59. The Labute approximate surface area is 154 Å². The third-order valence-corrected chi connectivity index (χ3v) is 5.06. The number of aryl methyl sites for hydroxylation is 1. The maximum Gasteiger partial charge on any atom is 0.320 e. The van der Waals surface area contributed by atoms with Gasteiger partial charge < -0.3 is 24.4 Å². The largest absolute Gasteiger partial charge is 0.377 e. The third-order valence-electron chi connectivity index (χ3n) is 5.06. The summed E-state index contributed by atoms with van der Waals surface area (Å²) in [5, 5.41) is 2.95. The Hall–Kier alpha value is -2.09. The normalized spacial score (nSPS) is 20.4. The molecule has 0 bridgehead atoms. The van der Waals surface area contributed by atoms with Gasteiger partial charge in [-0.25, -0.2) is 9.78 Å². The van der Waals surface area contributed by atoms with E-state index in [1.807, 2.05) is 20.6 Å². The number of ether oxygens (including phenoxy) is 1. The molecular formula is C18H29N5O3. The standard InChI is InChI=1S/C18H29N5O3/c1-2-16-19-5-9-21(16)10-6-20-17(24)13-15-14-26-12-11-23(15)18(25)22-7-3-4-8-22/h5,9,15H,2-4,6-8,10-14H2,1H3,(H,20,24)/t15-/m0/s1. The minimum Gasteiger partial charge on any atom is -0.377 e. The molecule has 26 heavy (non-hydrogen) atoms. The molecule has 2 saturated heterocycles. The molecule has 0 aromatic carbocycles. The zero-order valence-electron chi connectivity index (χ0n) is 15.5. The van der Waals surface area contributed by atoms with Crippen LogP contribution in [-0.2, 0) is 22.5 Å². The van der Waals surface area contributed by atoms with Gasteiger partial charge in [-0.05, 0) is 12.8 Å². The summed E-state index contributed by atoms with van der Waals surface area (Å²) in [5.74, 6) is 0.972. The van der Waals surface area contributed by atoms with Crippen LogP contribution >= 0.6 is 0 Å². The fourth-order valence-corrected chi connectivity index (χ4v) is 3.63. The van der Waals surface area contributed by atoms with E-state index < -0.39 is 0 Å². The second kappa shape index (κ2) is 9.02. The molecule has 1 aromatic rings. The number of aromatic nitrogens is 2. The topological polar surface area (TPSA) is 79.7 Å². The highest BCUT2D eigenvalue weighted by atomic mass is 16.5. The Kier molecular flexibility index (Phi) is 6.49. The molecule has 0 radical (unpaired) electrons. The number of hydrogen-bond donors (Lipinski definition) is 1. The van der Waals surface area contributed by atoms with Crippen molar-refractivity contribution in [2.45, 2.75) is 45.2 Å². The van der Waals surface area contributed by atoms with Gasteiger partial charge in [0.15, 0.2) is 0 Å². The predicted molar refractivity (Wildman–Crippen MR) is 96.7 cm³/mol. The minimum absolute atomic E-state index is 0.0436. The molecular weight excluding hydrogens is 334 g/mol. The maximum absolute atomic E-state index is 12.7. The van der Waals surface area contributed by atoms with Crippen molar-refractivity contribution >= 4 is 11.9 Å². The lowest BCUT2D eigenvalue weighted by Gasteiger charge is -2.37. The maximum atomic E-state index is 12.7. The van der Waals surface area contributed by atoms with Crippen LogP contribution in [0.2, 0.25) is 0 Å². The number of morpholine rings is 1. The highest BCUT2D eigenvalue weighted by Crippen LogP contribution is 2.17. The number of carbonyl (C=O) groups is 2. The van der Waals surface area contributed by atoms with E-state index in [2.05, 4.69) is 17.2 Å². The molecule has 3 amide bonds. The second-order valence-corrected chi connectivity index (χ2v) is 6.84. The third kappa shape index (κ3) is 4.55. The molecule has 8 heteroatoms. The first-order chi connectivity index (χ1) is 12.7. The van der Waals surface area contributed by atoms with E-state index in [0.717, 1.165) is 38.2 Å². The van der Waals surface area contributed by atoms with Crippen molar-refractivity contribution in [3.05, 3.63) is 18.2 Å². The van der Waals surface area contributed by atoms with Crippen molar-refractivity contribution in [3.63, 3.8) is 0 Å². The fraction of sp³-hybridized carbons (Fsp3) is 0.722. The molecule has 0 unspecified atom stereocenters. The van der Waals surface area contributed by atoms with Crippen molar-refractivity contribution in [3.8, 4) is 0 Å². The van der Waals surface area contributed by atoms with Crippen molar-refractivity contribution in [1.82, 2.24) is 24.7 Å². The van der Waals surface area contributed by atoms with Crippen molar-refractivity contribution in [2.24, 2.45) is 0 Å². The SMILES string of the molecule is CCc1nccn1CCNC(=O)C[C@H]1COCCN1C(=O)N1CCCC1. The Balaban J connectivity index is 1.47. The molecule has 144 valence electrons. The fourth-order valence-electron chi connectivity index (χ4n) is 3.63. The summed E-state index contributed by atoms with van der Waals surface area (Å²) >= 11 is 0.